The zero-order valence-electron chi connectivity index (χ0n) is 10.5. The van der Waals surface area contributed by atoms with Gasteiger partial charge in [-0.2, -0.15) is 0 Å². The van der Waals surface area contributed by atoms with Gasteiger partial charge in [0.25, 0.3) is 0 Å². The zero-order valence-corrected chi connectivity index (χ0v) is 10.5. The van der Waals surface area contributed by atoms with Crippen molar-refractivity contribution in [1.82, 2.24) is 5.32 Å². The molecule has 0 bridgehead atoms. The van der Waals surface area contributed by atoms with Gasteiger partial charge < -0.3 is 15.2 Å². The highest BCUT2D eigenvalue weighted by atomic mass is 16.5. The number of aliphatic hydroxyl groups is 1. The summed E-state index contributed by atoms with van der Waals surface area (Å²) >= 11 is 0. The largest absolute Gasteiger partial charge is 0.396 e. The van der Waals surface area contributed by atoms with Gasteiger partial charge in [-0.25, -0.2) is 0 Å². The first-order valence-corrected chi connectivity index (χ1v) is 6.14. The monoisotopic (exact) mass is 217 g/mol. The summed E-state index contributed by atoms with van der Waals surface area (Å²) in [7, 11) is 1.71. The first kappa shape index (κ1) is 14.9. The van der Waals surface area contributed by atoms with Gasteiger partial charge in [0.05, 0.1) is 6.61 Å². The second kappa shape index (κ2) is 10.4. The fraction of sp³-hybridized carbons (Fsp3) is 1.00. The third kappa shape index (κ3) is 7.77. The molecular formula is C12H27NO2. The summed E-state index contributed by atoms with van der Waals surface area (Å²) < 4.78 is 5.13. The predicted molar refractivity (Wildman–Crippen MR) is 64.1 cm³/mol. The second-order valence-corrected chi connectivity index (χ2v) is 4.08. The van der Waals surface area contributed by atoms with E-state index in [1.54, 1.807) is 7.11 Å². The van der Waals surface area contributed by atoms with E-state index in [4.69, 9.17) is 9.84 Å². The van der Waals surface area contributed by atoms with Crippen LogP contribution in [0.25, 0.3) is 0 Å². The molecule has 2 unspecified atom stereocenters. The van der Waals surface area contributed by atoms with Gasteiger partial charge in [-0.1, -0.05) is 26.7 Å². The summed E-state index contributed by atoms with van der Waals surface area (Å²) in [5, 5.41) is 12.5. The summed E-state index contributed by atoms with van der Waals surface area (Å²) in [6, 6.07) is 0.860. The normalized spacial score (nSPS) is 15.2. The molecular weight excluding hydrogens is 190 g/mol. The van der Waals surface area contributed by atoms with Crippen LogP contribution >= 0.6 is 0 Å². The van der Waals surface area contributed by atoms with E-state index in [9.17, 15) is 0 Å². The topological polar surface area (TPSA) is 41.5 Å². The molecule has 0 radical (unpaired) electrons. The average Bonchev–Trinajstić information content (AvgIpc) is 2.24. The Balaban J connectivity index is 3.85. The molecule has 0 aliphatic rings. The lowest BCUT2D eigenvalue weighted by Crippen LogP contribution is -2.41. The molecule has 0 saturated carbocycles. The number of ether oxygens (including phenoxy) is 1. The highest BCUT2D eigenvalue weighted by Gasteiger charge is 2.12. The van der Waals surface area contributed by atoms with E-state index >= 15 is 0 Å². The van der Waals surface area contributed by atoms with Crippen LogP contribution in [0.2, 0.25) is 0 Å². The third-order valence-electron chi connectivity index (χ3n) is 2.72. The van der Waals surface area contributed by atoms with Crippen molar-refractivity contribution in [2.45, 2.75) is 58.0 Å². The molecule has 0 aromatic carbocycles. The number of nitrogens with one attached hydrogen (secondary N) is 1. The van der Waals surface area contributed by atoms with Crippen LogP contribution in [0.1, 0.15) is 46.0 Å². The van der Waals surface area contributed by atoms with Crippen molar-refractivity contribution < 1.29 is 9.84 Å². The lowest BCUT2D eigenvalue weighted by Gasteiger charge is -2.24. The van der Waals surface area contributed by atoms with E-state index in [2.05, 4.69) is 19.2 Å². The van der Waals surface area contributed by atoms with Crippen molar-refractivity contribution in [2.24, 2.45) is 0 Å². The molecule has 0 aliphatic carbocycles. The molecule has 0 aromatic rings. The van der Waals surface area contributed by atoms with E-state index in [0.29, 0.717) is 18.7 Å². The van der Waals surface area contributed by atoms with Crippen LogP contribution < -0.4 is 5.32 Å². The number of methoxy groups -OCH3 is 1. The van der Waals surface area contributed by atoms with Crippen LogP contribution in [0.4, 0.5) is 0 Å². The van der Waals surface area contributed by atoms with E-state index in [1.165, 1.54) is 19.3 Å². The first-order valence-electron chi connectivity index (χ1n) is 6.14. The van der Waals surface area contributed by atoms with E-state index in [-0.39, 0.29) is 6.61 Å². The smallest absolute Gasteiger partial charge is 0.0616 e. The van der Waals surface area contributed by atoms with Crippen molar-refractivity contribution in [3.63, 3.8) is 0 Å². The Bertz CT molecular complexity index is 125. The highest BCUT2D eigenvalue weighted by molar-refractivity contribution is 4.73. The SMILES string of the molecule is CCCCC(CC)NC(CCO)COC. The van der Waals surface area contributed by atoms with Gasteiger partial charge in [-0.05, 0) is 19.3 Å². The number of rotatable bonds is 10. The molecule has 2 atom stereocenters. The molecule has 3 nitrogen and oxygen atoms in total. The molecule has 92 valence electrons. The van der Waals surface area contributed by atoms with Gasteiger partial charge >= 0.3 is 0 Å². The minimum absolute atomic E-state index is 0.227. The molecule has 3 heteroatoms. The van der Waals surface area contributed by atoms with E-state index in [1.807, 2.05) is 0 Å². The summed E-state index contributed by atoms with van der Waals surface area (Å²) in [6.07, 6.45) is 5.65. The molecule has 0 spiro atoms. The van der Waals surface area contributed by atoms with Crippen LogP contribution in [-0.4, -0.2) is 37.5 Å². The summed E-state index contributed by atoms with van der Waals surface area (Å²) in [4.78, 5) is 0. The van der Waals surface area contributed by atoms with Crippen molar-refractivity contribution in [1.29, 1.82) is 0 Å². The van der Waals surface area contributed by atoms with Gasteiger partial charge in [-0.15, -0.1) is 0 Å². The molecule has 0 fully saturated rings. The Morgan fingerprint density at radius 1 is 1.20 bits per heavy atom. The fourth-order valence-electron chi connectivity index (χ4n) is 1.76. The molecule has 0 aliphatic heterocycles. The number of hydrogen-bond acceptors (Lipinski definition) is 3. The molecule has 2 N–H and O–H groups in total. The maximum atomic E-state index is 8.93. The molecule has 15 heavy (non-hydrogen) atoms. The third-order valence-corrected chi connectivity index (χ3v) is 2.72. The van der Waals surface area contributed by atoms with Crippen molar-refractivity contribution in [3.05, 3.63) is 0 Å². The summed E-state index contributed by atoms with van der Waals surface area (Å²) in [5.74, 6) is 0. The fourth-order valence-corrected chi connectivity index (χ4v) is 1.76. The number of hydrogen-bond donors (Lipinski definition) is 2. The van der Waals surface area contributed by atoms with Crippen molar-refractivity contribution in [3.8, 4) is 0 Å². The van der Waals surface area contributed by atoms with Gasteiger partial charge in [0.15, 0.2) is 0 Å². The first-order chi connectivity index (χ1) is 7.28. The minimum atomic E-state index is 0.227. The standard InChI is InChI=1S/C12H27NO2/c1-4-6-7-11(5-2)13-12(8-9-14)10-15-3/h11-14H,4-10H2,1-3H3. The average molecular weight is 217 g/mol. The summed E-state index contributed by atoms with van der Waals surface area (Å²) in [6.45, 7) is 5.33. The van der Waals surface area contributed by atoms with Crippen LogP contribution in [0, 0.1) is 0 Å². The minimum Gasteiger partial charge on any atom is -0.396 e. The molecule has 0 rings (SSSR count). The lowest BCUT2D eigenvalue weighted by atomic mass is 10.1. The molecule has 0 heterocycles. The van der Waals surface area contributed by atoms with Crippen molar-refractivity contribution >= 4 is 0 Å². The van der Waals surface area contributed by atoms with Crippen LogP contribution in [0.3, 0.4) is 0 Å². The maximum absolute atomic E-state index is 8.93. The highest BCUT2D eigenvalue weighted by Crippen LogP contribution is 2.06. The Kier molecular flexibility index (Phi) is 10.3. The Labute approximate surface area is 94.2 Å². The van der Waals surface area contributed by atoms with E-state index in [0.717, 1.165) is 12.8 Å². The van der Waals surface area contributed by atoms with Gasteiger partial charge in [0, 0.05) is 25.8 Å². The Morgan fingerprint density at radius 2 is 1.93 bits per heavy atom. The predicted octanol–water partition coefficient (Wildman–Crippen LogP) is 1.94. The Hall–Kier alpha value is -0.120. The molecule has 0 saturated heterocycles. The van der Waals surface area contributed by atoms with Gasteiger partial charge in [0.2, 0.25) is 0 Å². The zero-order chi connectivity index (χ0) is 11.5. The van der Waals surface area contributed by atoms with Crippen LogP contribution in [-0.2, 0) is 4.74 Å². The molecule has 0 amide bonds. The van der Waals surface area contributed by atoms with Gasteiger partial charge in [-0.3, -0.25) is 0 Å². The summed E-state index contributed by atoms with van der Waals surface area (Å²) in [5.41, 5.74) is 0. The quantitative estimate of drug-likeness (QED) is 0.587. The number of unbranched alkanes of at least 4 members (excludes halogenated alkanes) is 1. The lowest BCUT2D eigenvalue weighted by molar-refractivity contribution is 0.140. The van der Waals surface area contributed by atoms with Crippen LogP contribution in [0.5, 0.6) is 0 Å². The van der Waals surface area contributed by atoms with Gasteiger partial charge in [0.1, 0.15) is 0 Å². The maximum Gasteiger partial charge on any atom is 0.0616 e. The number of aliphatic hydroxyl groups excluding tert-OH is 1. The van der Waals surface area contributed by atoms with E-state index < -0.39 is 0 Å². The van der Waals surface area contributed by atoms with Crippen molar-refractivity contribution in [2.75, 3.05) is 20.3 Å². The Morgan fingerprint density at radius 3 is 2.40 bits per heavy atom. The molecule has 0 aromatic heterocycles. The second-order valence-electron chi connectivity index (χ2n) is 4.08. The van der Waals surface area contributed by atoms with Crippen LogP contribution in [0.15, 0.2) is 0 Å².